The molecular formula is C12H15N3O3. The Kier molecular flexibility index (Phi) is 3.47. The number of benzene rings is 1. The third-order valence-electron chi connectivity index (χ3n) is 2.81. The first kappa shape index (κ1) is 12.4. The lowest BCUT2D eigenvalue weighted by atomic mass is 10.2. The minimum atomic E-state index is -0.267. The average Bonchev–Trinajstić information content (AvgIpc) is 2.73. The van der Waals surface area contributed by atoms with Gasteiger partial charge in [0, 0.05) is 25.8 Å². The van der Waals surface area contributed by atoms with E-state index in [1.807, 2.05) is 0 Å². The minimum Gasteiger partial charge on any atom is -0.396 e. The van der Waals surface area contributed by atoms with Crippen molar-refractivity contribution >= 4 is 22.6 Å². The molecule has 0 aliphatic carbocycles. The molecule has 18 heavy (non-hydrogen) atoms. The van der Waals surface area contributed by atoms with E-state index in [0.29, 0.717) is 29.6 Å². The molecule has 0 unspecified atom stereocenters. The van der Waals surface area contributed by atoms with E-state index >= 15 is 0 Å². The summed E-state index contributed by atoms with van der Waals surface area (Å²) in [6.07, 6.45) is 0.751. The molecule has 3 N–H and O–H groups in total. The van der Waals surface area contributed by atoms with Crippen molar-refractivity contribution in [3.63, 3.8) is 0 Å². The van der Waals surface area contributed by atoms with Crippen molar-refractivity contribution in [3.05, 3.63) is 28.7 Å². The van der Waals surface area contributed by atoms with Crippen LogP contribution in [0.3, 0.4) is 0 Å². The van der Waals surface area contributed by atoms with Gasteiger partial charge in [0.15, 0.2) is 0 Å². The van der Waals surface area contributed by atoms with Crippen molar-refractivity contribution in [2.24, 2.45) is 0 Å². The largest absolute Gasteiger partial charge is 0.396 e. The van der Waals surface area contributed by atoms with Crippen molar-refractivity contribution in [2.45, 2.75) is 12.8 Å². The fraction of sp³-hybridized carbons (Fsp3) is 0.333. The second kappa shape index (κ2) is 5.05. The fourth-order valence-corrected chi connectivity index (χ4v) is 1.77. The van der Waals surface area contributed by atoms with Crippen molar-refractivity contribution in [2.75, 3.05) is 18.6 Å². The van der Waals surface area contributed by atoms with Gasteiger partial charge in [-0.05, 0) is 24.6 Å². The number of aromatic nitrogens is 2. The predicted molar refractivity (Wildman–Crippen MR) is 68.6 cm³/mol. The maximum absolute atomic E-state index is 11.8. The van der Waals surface area contributed by atoms with Gasteiger partial charge in [-0.3, -0.25) is 4.79 Å². The third kappa shape index (κ3) is 2.43. The van der Waals surface area contributed by atoms with Crippen molar-refractivity contribution < 1.29 is 9.90 Å². The zero-order valence-electron chi connectivity index (χ0n) is 10.1. The van der Waals surface area contributed by atoms with E-state index in [0.717, 1.165) is 0 Å². The Morgan fingerprint density at radius 1 is 1.33 bits per heavy atom. The van der Waals surface area contributed by atoms with E-state index in [4.69, 9.17) is 5.11 Å². The molecule has 0 radical (unpaired) electrons. The number of carbonyl (C=O) groups is 1. The molecule has 0 aliphatic heterocycles. The molecule has 0 aliphatic rings. The molecule has 1 aromatic heterocycles. The molecule has 1 aromatic carbocycles. The predicted octanol–water partition coefficient (Wildman–Crippen LogP) is 0.591. The van der Waals surface area contributed by atoms with Crippen LogP contribution in [0.1, 0.15) is 12.8 Å². The number of hydrogen-bond acceptors (Lipinski definition) is 3. The number of fused-ring (bicyclic) bond motifs is 1. The molecule has 2 rings (SSSR count). The molecule has 0 bridgehead atoms. The lowest BCUT2D eigenvalue weighted by Crippen LogP contribution is -2.26. The summed E-state index contributed by atoms with van der Waals surface area (Å²) in [5.41, 5.74) is 1.82. The van der Waals surface area contributed by atoms with Crippen LogP contribution in [-0.2, 0) is 4.79 Å². The van der Waals surface area contributed by atoms with E-state index in [-0.39, 0.29) is 18.2 Å². The van der Waals surface area contributed by atoms with E-state index in [9.17, 15) is 9.59 Å². The maximum atomic E-state index is 11.8. The molecule has 2 aromatic rings. The van der Waals surface area contributed by atoms with Crippen LogP contribution < -0.4 is 10.6 Å². The summed E-state index contributed by atoms with van der Waals surface area (Å²) in [5.74, 6) is -0.0683. The SMILES string of the molecule is CN(C(=O)CCCO)c1ccc2[nH]c(=O)[nH]c2c1. The van der Waals surface area contributed by atoms with Crippen molar-refractivity contribution in [1.82, 2.24) is 9.97 Å². The first-order chi connectivity index (χ1) is 8.61. The Morgan fingerprint density at radius 3 is 2.78 bits per heavy atom. The van der Waals surface area contributed by atoms with Gasteiger partial charge >= 0.3 is 5.69 Å². The third-order valence-corrected chi connectivity index (χ3v) is 2.81. The molecule has 6 nitrogen and oxygen atoms in total. The van der Waals surface area contributed by atoms with Gasteiger partial charge in [0.1, 0.15) is 0 Å². The summed E-state index contributed by atoms with van der Waals surface area (Å²) in [5, 5.41) is 8.70. The van der Waals surface area contributed by atoms with Gasteiger partial charge in [-0.2, -0.15) is 0 Å². The zero-order valence-corrected chi connectivity index (χ0v) is 10.1. The van der Waals surface area contributed by atoms with Crippen LogP contribution in [0.15, 0.2) is 23.0 Å². The van der Waals surface area contributed by atoms with Gasteiger partial charge in [-0.25, -0.2) is 4.79 Å². The summed E-state index contributed by atoms with van der Waals surface area (Å²) < 4.78 is 0. The van der Waals surface area contributed by atoms with Gasteiger partial charge in [0.2, 0.25) is 5.91 Å². The van der Waals surface area contributed by atoms with Crippen molar-refractivity contribution in [3.8, 4) is 0 Å². The average molecular weight is 249 g/mol. The quantitative estimate of drug-likeness (QED) is 0.741. The topological polar surface area (TPSA) is 89.2 Å². The number of H-pyrrole nitrogens is 2. The number of rotatable bonds is 4. The molecule has 6 heteroatoms. The van der Waals surface area contributed by atoms with E-state index in [2.05, 4.69) is 9.97 Å². The Balaban J connectivity index is 2.24. The molecule has 1 amide bonds. The highest BCUT2D eigenvalue weighted by Gasteiger charge is 2.11. The van der Waals surface area contributed by atoms with E-state index in [1.165, 1.54) is 4.90 Å². The summed E-state index contributed by atoms with van der Waals surface area (Å²) in [4.78, 5) is 29.7. The minimum absolute atomic E-state index is 0.00372. The smallest absolute Gasteiger partial charge is 0.323 e. The number of carbonyl (C=O) groups excluding carboxylic acids is 1. The van der Waals surface area contributed by atoms with Gasteiger partial charge in [0.25, 0.3) is 0 Å². The van der Waals surface area contributed by atoms with Crippen LogP contribution in [-0.4, -0.2) is 34.6 Å². The van der Waals surface area contributed by atoms with Crippen LogP contribution in [0.2, 0.25) is 0 Å². The molecule has 0 saturated heterocycles. The second-order valence-corrected chi connectivity index (χ2v) is 4.09. The Morgan fingerprint density at radius 2 is 2.06 bits per heavy atom. The number of nitrogens with one attached hydrogen (secondary N) is 2. The van der Waals surface area contributed by atoms with Crippen molar-refractivity contribution in [1.29, 1.82) is 0 Å². The van der Waals surface area contributed by atoms with Gasteiger partial charge in [-0.1, -0.05) is 0 Å². The van der Waals surface area contributed by atoms with Crippen LogP contribution in [0.4, 0.5) is 5.69 Å². The fourth-order valence-electron chi connectivity index (χ4n) is 1.77. The monoisotopic (exact) mass is 249 g/mol. The molecule has 0 fully saturated rings. The van der Waals surface area contributed by atoms with Gasteiger partial charge in [0.05, 0.1) is 11.0 Å². The molecule has 0 atom stereocenters. The summed E-state index contributed by atoms with van der Waals surface area (Å²) >= 11 is 0. The number of aromatic amines is 2. The second-order valence-electron chi connectivity index (χ2n) is 4.09. The summed E-state index contributed by atoms with van der Waals surface area (Å²) in [6.45, 7) is 0.00372. The normalized spacial score (nSPS) is 10.8. The molecule has 0 saturated carbocycles. The van der Waals surface area contributed by atoms with Crippen LogP contribution >= 0.6 is 0 Å². The molecule has 1 heterocycles. The Hall–Kier alpha value is -2.08. The van der Waals surface area contributed by atoms with Gasteiger partial charge in [-0.15, -0.1) is 0 Å². The summed E-state index contributed by atoms with van der Waals surface area (Å²) in [6, 6.07) is 5.26. The maximum Gasteiger partial charge on any atom is 0.323 e. The highest BCUT2D eigenvalue weighted by atomic mass is 16.3. The lowest BCUT2D eigenvalue weighted by molar-refractivity contribution is -0.118. The number of anilines is 1. The number of aliphatic hydroxyl groups is 1. The van der Waals surface area contributed by atoms with Gasteiger partial charge < -0.3 is 20.0 Å². The number of aliphatic hydroxyl groups excluding tert-OH is 1. The number of amides is 1. The number of nitrogens with zero attached hydrogens (tertiary/aromatic N) is 1. The van der Waals surface area contributed by atoms with Crippen LogP contribution in [0.25, 0.3) is 11.0 Å². The van der Waals surface area contributed by atoms with Crippen LogP contribution in [0, 0.1) is 0 Å². The Bertz CT molecular complexity index is 614. The van der Waals surface area contributed by atoms with E-state index in [1.54, 1.807) is 25.2 Å². The van der Waals surface area contributed by atoms with Crippen LogP contribution in [0.5, 0.6) is 0 Å². The Labute approximate surface area is 103 Å². The molecule has 0 spiro atoms. The summed E-state index contributed by atoms with van der Waals surface area (Å²) in [7, 11) is 1.67. The number of hydrogen-bond donors (Lipinski definition) is 3. The highest BCUT2D eigenvalue weighted by molar-refractivity contribution is 5.94. The molecule has 96 valence electrons. The first-order valence-electron chi connectivity index (χ1n) is 5.71. The zero-order chi connectivity index (χ0) is 13.1. The first-order valence-corrected chi connectivity index (χ1v) is 5.71. The van der Waals surface area contributed by atoms with E-state index < -0.39 is 0 Å². The molecular weight excluding hydrogens is 234 g/mol. The number of imidazole rings is 1. The lowest BCUT2D eigenvalue weighted by Gasteiger charge is -2.17. The standard InChI is InChI=1S/C12H15N3O3/c1-15(11(17)3-2-6-16)8-4-5-9-10(7-8)14-12(18)13-9/h4-5,7,16H,2-3,6H2,1H3,(H2,13,14,18). The highest BCUT2D eigenvalue weighted by Crippen LogP contribution is 2.18.